The number of rotatable bonds is 8. The van der Waals surface area contributed by atoms with Gasteiger partial charge in [0.1, 0.15) is 22.6 Å². The standard InChI is InChI=1S/C58H62N8O8Si/c1-55(2,3)31-15-19-35-39(27-31)49-59-47(35)61-53-42-30-34(58(10,11)12)18-22-38(42)52-64-50-40-28-32(56(4,5)6)16-20-36(40)48(60-50)62-54-41-29-33(57(7,8)9)17-21-37(41)51(63-49)65(54)75(66(52)53,73-45(69)25-23-43(67)71-13)74-46(70)26-24-44(68)72-14/h15-22,27-30H,23-26H2,1-14H3/b61-47-,61-53?,62-48?,62-54-,63-49?,63-51-,64-50-,64-52?. The van der Waals surface area contributed by atoms with Gasteiger partial charge in [-0.15, -0.1) is 0 Å². The highest BCUT2D eigenvalue weighted by atomic mass is 28.4. The molecule has 6 aromatic rings. The van der Waals surface area contributed by atoms with E-state index >= 15 is 9.59 Å². The Morgan fingerprint density at radius 2 is 0.760 bits per heavy atom. The molecule has 0 N–H and O–H groups in total. The average molecular weight is 1030 g/mol. The van der Waals surface area contributed by atoms with Crippen LogP contribution in [0.4, 0.5) is 11.6 Å². The normalized spacial score (nSPS) is 17.6. The Balaban J connectivity index is 1.50. The van der Waals surface area contributed by atoms with Gasteiger partial charge < -0.3 is 18.3 Å². The molecular weight excluding hydrogens is 965 g/mol. The Kier molecular flexibility index (Phi) is 12.0. The molecule has 2 aromatic heterocycles. The number of fused-ring (bicyclic) bond motifs is 14. The lowest BCUT2D eigenvalue weighted by atomic mass is 9.85. The first-order valence-electron chi connectivity index (χ1n) is 25.2. The molecular formula is C58H62N8O8Si. The second kappa shape index (κ2) is 17.7. The van der Waals surface area contributed by atoms with Gasteiger partial charge in [-0.25, -0.2) is 30.0 Å². The van der Waals surface area contributed by atoms with Gasteiger partial charge in [0.2, 0.25) is 0 Å². The second-order valence-electron chi connectivity index (χ2n) is 23.6. The van der Waals surface area contributed by atoms with E-state index in [0.29, 0.717) is 67.1 Å². The van der Waals surface area contributed by atoms with Crippen molar-refractivity contribution in [1.29, 1.82) is 0 Å². The lowest BCUT2D eigenvalue weighted by Gasteiger charge is -2.31. The fourth-order valence-corrected chi connectivity index (χ4v) is 12.9. The molecule has 4 aliphatic heterocycles. The molecule has 0 saturated carbocycles. The van der Waals surface area contributed by atoms with Crippen LogP contribution in [0.15, 0.2) is 103 Å². The quantitative estimate of drug-likeness (QED) is 0.106. The number of ether oxygens (including phenoxy) is 2. The molecule has 386 valence electrons. The molecule has 0 amide bonds. The van der Waals surface area contributed by atoms with Gasteiger partial charge >= 0.3 is 20.8 Å². The van der Waals surface area contributed by atoms with Gasteiger partial charge in [0, 0.05) is 43.8 Å². The molecule has 0 saturated heterocycles. The van der Waals surface area contributed by atoms with Crippen LogP contribution >= 0.6 is 0 Å². The molecule has 4 aliphatic rings. The lowest BCUT2D eigenvalue weighted by molar-refractivity contribution is -0.149. The van der Waals surface area contributed by atoms with Crippen molar-refractivity contribution >= 4 is 89.3 Å². The van der Waals surface area contributed by atoms with Crippen molar-refractivity contribution in [2.24, 2.45) is 30.0 Å². The van der Waals surface area contributed by atoms with E-state index in [1.54, 1.807) is 8.47 Å². The van der Waals surface area contributed by atoms with Gasteiger partial charge in [-0.2, -0.15) is 0 Å². The van der Waals surface area contributed by atoms with Gasteiger partial charge in [0.25, 0.3) is 11.9 Å². The number of esters is 2. The minimum atomic E-state index is -5.39. The summed E-state index contributed by atoms with van der Waals surface area (Å²) >= 11 is 0. The first-order valence-corrected chi connectivity index (χ1v) is 27.0. The summed E-state index contributed by atoms with van der Waals surface area (Å²) in [5, 5.41) is 2.28. The van der Waals surface area contributed by atoms with E-state index in [9.17, 15) is 9.59 Å². The number of hydrogen-bond donors (Lipinski definition) is 0. The molecule has 4 aromatic carbocycles. The summed E-state index contributed by atoms with van der Waals surface area (Å²) in [5.41, 5.74) is 5.88. The van der Waals surface area contributed by atoms with Crippen molar-refractivity contribution in [3.8, 4) is 0 Å². The molecule has 0 spiro atoms. The highest BCUT2D eigenvalue weighted by molar-refractivity contribution is 6.69. The van der Waals surface area contributed by atoms with Gasteiger partial charge in [-0.3, -0.25) is 27.6 Å². The second-order valence-corrected chi connectivity index (χ2v) is 26.0. The molecule has 6 heterocycles. The third kappa shape index (κ3) is 8.83. The van der Waals surface area contributed by atoms with Crippen LogP contribution in [0.25, 0.3) is 21.5 Å². The molecule has 0 radical (unpaired) electrons. The Bertz CT molecular complexity index is 3740. The van der Waals surface area contributed by atoms with Crippen LogP contribution in [-0.2, 0) is 59.2 Å². The van der Waals surface area contributed by atoms with Crippen LogP contribution in [0.2, 0.25) is 0 Å². The summed E-state index contributed by atoms with van der Waals surface area (Å²) in [4.78, 5) is 88.5. The zero-order valence-corrected chi connectivity index (χ0v) is 46.1. The Morgan fingerprint density at radius 1 is 0.400 bits per heavy atom. The summed E-state index contributed by atoms with van der Waals surface area (Å²) in [6.45, 7) is 25.5. The Morgan fingerprint density at radius 3 is 1.23 bits per heavy atom. The summed E-state index contributed by atoms with van der Waals surface area (Å²) in [6, 6.07) is 24.3. The lowest BCUT2D eigenvalue weighted by Crippen LogP contribution is -2.65. The van der Waals surface area contributed by atoms with Crippen LogP contribution in [0.5, 0.6) is 0 Å². The fourth-order valence-electron chi connectivity index (χ4n) is 9.72. The van der Waals surface area contributed by atoms with Crippen molar-refractivity contribution in [3.63, 3.8) is 0 Å². The Labute approximate surface area is 436 Å². The predicted molar refractivity (Wildman–Crippen MR) is 291 cm³/mol. The minimum absolute atomic E-state index is 0.197. The van der Waals surface area contributed by atoms with E-state index in [0.717, 1.165) is 22.3 Å². The number of carbonyl (C=O) groups is 4. The van der Waals surface area contributed by atoms with E-state index in [2.05, 4.69) is 107 Å². The number of aliphatic imine (C=N–C) groups is 4. The van der Waals surface area contributed by atoms with Crippen molar-refractivity contribution < 1.29 is 37.5 Å². The number of methoxy groups -OCH3 is 2. The van der Waals surface area contributed by atoms with E-state index in [1.165, 1.54) is 14.2 Å². The van der Waals surface area contributed by atoms with Crippen LogP contribution in [0.3, 0.4) is 0 Å². The summed E-state index contributed by atoms with van der Waals surface area (Å²) in [6.07, 6.45) is -1.66. The van der Waals surface area contributed by atoms with Crippen LogP contribution in [-0.4, -0.2) is 78.8 Å². The molecule has 0 fully saturated rings. The van der Waals surface area contributed by atoms with Gasteiger partial charge in [-0.1, -0.05) is 132 Å². The topological polar surface area (TPSA) is 189 Å². The number of benzene rings is 4. The van der Waals surface area contributed by atoms with Crippen molar-refractivity contribution in [2.75, 3.05) is 14.2 Å². The van der Waals surface area contributed by atoms with Gasteiger partial charge in [-0.05, 0) is 68.2 Å². The fraction of sp³-hybridized carbons (Fsp3) is 0.379. The maximum absolute atomic E-state index is 15.1. The highest BCUT2D eigenvalue weighted by Crippen LogP contribution is 2.46. The maximum Gasteiger partial charge on any atom is 0.742 e. The molecule has 10 rings (SSSR count). The molecule has 75 heavy (non-hydrogen) atoms. The maximum atomic E-state index is 15.1. The zero-order valence-electron chi connectivity index (χ0n) is 45.1. The number of hydrogen-bond acceptors (Lipinski definition) is 14. The van der Waals surface area contributed by atoms with Crippen LogP contribution in [0.1, 0.15) is 153 Å². The third-order valence-corrected chi connectivity index (χ3v) is 17.1. The number of amidine groups is 4. The predicted octanol–water partition coefficient (Wildman–Crippen LogP) is 9.55. The first kappa shape index (κ1) is 50.9. The average Bonchev–Trinajstić information content (AvgIpc) is 4.06. The van der Waals surface area contributed by atoms with E-state index in [-0.39, 0.29) is 57.1 Å². The summed E-state index contributed by atoms with van der Waals surface area (Å²) < 4.78 is 27.4. The smallest absolute Gasteiger partial charge is 0.469 e. The van der Waals surface area contributed by atoms with E-state index < -0.39 is 45.6 Å². The monoisotopic (exact) mass is 1030 g/mol. The highest BCUT2D eigenvalue weighted by Gasteiger charge is 2.59. The zero-order chi connectivity index (χ0) is 53.9. The van der Waals surface area contributed by atoms with Gasteiger partial charge in [0.05, 0.1) is 39.9 Å². The van der Waals surface area contributed by atoms with Crippen molar-refractivity contribution in [3.05, 3.63) is 128 Å². The number of nitrogens with zero attached hydrogens (tertiary/aromatic N) is 8. The summed E-state index contributed by atoms with van der Waals surface area (Å²) in [5.74, 6) is -1.50. The largest absolute Gasteiger partial charge is 0.742 e. The molecule has 16 nitrogen and oxygen atoms in total. The summed E-state index contributed by atoms with van der Waals surface area (Å²) in [7, 11) is -2.92. The van der Waals surface area contributed by atoms with E-state index in [1.807, 2.05) is 48.5 Å². The molecule has 0 aliphatic carbocycles. The minimum Gasteiger partial charge on any atom is -0.469 e. The first-order chi connectivity index (χ1) is 35.2. The molecule has 0 atom stereocenters. The van der Waals surface area contributed by atoms with Crippen LogP contribution < -0.4 is 11.0 Å². The third-order valence-electron chi connectivity index (χ3n) is 14.2. The van der Waals surface area contributed by atoms with Crippen LogP contribution in [0, 0.1) is 0 Å². The Hall–Kier alpha value is -7.66. The van der Waals surface area contributed by atoms with Crippen molar-refractivity contribution in [2.45, 2.75) is 130 Å². The molecule has 6 bridgehead atoms. The van der Waals surface area contributed by atoms with Crippen molar-refractivity contribution in [1.82, 2.24) is 8.47 Å². The SMILES string of the molecule is COC(=O)CCC(=O)O[Si]1(OC(=O)CCC(=O)OC)n2c3c4cc(C(C)(C)C)ccc4c2/N=C2N=C(/N=c4/c5cc(C(C)(C)C)ccc5/c(n41)=N/C1=NC(=N\3)/c3ccc(C(C)(C)C)cc31)c1ccc(C(C)(C)C)cc1\2. The van der Waals surface area contributed by atoms with E-state index in [4.69, 9.17) is 48.3 Å². The molecule has 17 heteroatoms. The number of aromatic nitrogens is 2. The molecule has 0 unspecified atom stereocenters. The van der Waals surface area contributed by atoms with Gasteiger partial charge in [0.15, 0.2) is 23.3 Å². The number of carbonyl (C=O) groups excluding carboxylic acids is 4.